The predicted octanol–water partition coefficient (Wildman–Crippen LogP) is 1.85. The number of para-hydroxylation sites is 1. The first-order valence-corrected chi connectivity index (χ1v) is 10.6. The smallest absolute Gasteiger partial charge is 0.234 e. The van der Waals surface area contributed by atoms with Gasteiger partial charge in [0.05, 0.1) is 25.8 Å². The van der Waals surface area contributed by atoms with Crippen LogP contribution in [-0.2, 0) is 16.1 Å². The number of benzene rings is 1. The summed E-state index contributed by atoms with van der Waals surface area (Å²) in [5.41, 5.74) is 2.24. The third-order valence-electron chi connectivity index (χ3n) is 5.63. The molecule has 0 unspecified atom stereocenters. The highest BCUT2D eigenvalue weighted by atomic mass is 16.5. The van der Waals surface area contributed by atoms with Crippen LogP contribution in [0.4, 0.5) is 0 Å². The first kappa shape index (κ1) is 20.8. The zero-order valence-corrected chi connectivity index (χ0v) is 17.5. The van der Waals surface area contributed by atoms with Gasteiger partial charge in [-0.05, 0) is 24.6 Å². The highest BCUT2D eigenvalue weighted by Crippen LogP contribution is 2.24. The number of hydrogen-bond donors (Lipinski definition) is 1. The van der Waals surface area contributed by atoms with Gasteiger partial charge in [-0.15, -0.1) is 0 Å². The predicted molar refractivity (Wildman–Crippen MR) is 114 cm³/mol. The first-order chi connectivity index (χ1) is 14.7. The summed E-state index contributed by atoms with van der Waals surface area (Å²) in [6.45, 7) is 7.53. The summed E-state index contributed by atoms with van der Waals surface area (Å²) in [6.07, 6.45) is 3.70. The van der Waals surface area contributed by atoms with Crippen molar-refractivity contribution in [1.82, 2.24) is 20.1 Å². The number of pyridine rings is 1. The van der Waals surface area contributed by atoms with Crippen LogP contribution in [0.1, 0.15) is 24.1 Å². The van der Waals surface area contributed by atoms with Gasteiger partial charge in [0.15, 0.2) is 0 Å². The largest absolute Gasteiger partial charge is 0.489 e. The van der Waals surface area contributed by atoms with Crippen molar-refractivity contribution >= 4 is 5.91 Å². The molecule has 0 radical (unpaired) electrons. The van der Waals surface area contributed by atoms with Gasteiger partial charge in [0.1, 0.15) is 11.9 Å². The number of nitrogens with one attached hydrogen (secondary N) is 1. The van der Waals surface area contributed by atoms with Gasteiger partial charge in [0.25, 0.3) is 0 Å². The lowest BCUT2D eigenvalue weighted by atomic mass is 10.1. The maximum Gasteiger partial charge on any atom is 0.234 e. The van der Waals surface area contributed by atoms with Gasteiger partial charge in [-0.25, -0.2) is 0 Å². The summed E-state index contributed by atoms with van der Waals surface area (Å²) < 4.78 is 11.5. The second kappa shape index (κ2) is 10.0. The Labute approximate surface area is 178 Å². The molecule has 30 heavy (non-hydrogen) atoms. The van der Waals surface area contributed by atoms with Crippen molar-refractivity contribution in [1.29, 1.82) is 0 Å². The standard InChI is InChI=1S/C23H30N4O3/c1-18-15-26(16-20-5-2-3-7-22(20)30-18)17-23(28)25-14-21(19-6-4-8-24-13-19)27-9-11-29-12-10-27/h2-8,13,18,21H,9-12,14-17H2,1H3,(H,25,28)/t18-,21-/m1/s1. The molecule has 2 aliphatic rings. The summed E-state index contributed by atoms with van der Waals surface area (Å²) in [5, 5.41) is 3.15. The SMILES string of the molecule is C[C@@H]1CN(CC(=O)NC[C@H](c2cccnc2)N2CCOCC2)Cc2ccccc2O1. The van der Waals surface area contributed by atoms with E-state index in [0.717, 1.165) is 49.7 Å². The lowest BCUT2D eigenvalue weighted by Gasteiger charge is -2.34. The van der Waals surface area contributed by atoms with Crippen LogP contribution in [-0.4, -0.2) is 72.7 Å². The van der Waals surface area contributed by atoms with Crippen LogP contribution >= 0.6 is 0 Å². The fourth-order valence-corrected chi connectivity index (χ4v) is 4.18. The molecule has 1 N–H and O–H groups in total. The van der Waals surface area contributed by atoms with E-state index in [1.807, 2.05) is 37.4 Å². The van der Waals surface area contributed by atoms with Crippen molar-refractivity contribution in [3.05, 3.63) is 59.9 Å². The van der Waals surface area contributed by atoms with E-state index in [1.54, 1.807) is 6.20 Å². The summed E-state index contributed by atoms with van der Waals surface area (Å²) >= 11 is 0. The Kier molecular flexibility index (Phi) is 6.94. The lowest BCUT2D eigenvalue weighted by Crippen LogP contribution is -2.46. The molecule has 1 amide bonds. The average Bonchev–Trinajstić information content (AvgIpc) is 2.92. The van der Waals surface area contributed by atoms with E-state index in [9.17, 15) is 4.79 Å². The van der Waals surface area contributed by atoms with Gasteiger partial charge >= 0.3 is 0 Å². The van der Waals surface area contributed by atoms with Crippen molar-refractivity contribution in [3.63, 3.8) is 0 Å². The van der Waals surface area contributed by atoms with E-state index >= 15 is 0 Å². The Bertz CT molecular complexity index is 826. The second-order valence-corrected chi connectivity index (χ2v) is 7.96. The number of hydrogen-bond acceptors (Lipinski definition) is 6. The van der Waals surface area contributed by atoms with Crippen molar-refractivity contribution in [2.45, 2.75) is 25.6 Å². The number of amides is 1. The summed E-state index contributed by atoms with van der Waals surface area (Å²) in [7, 11) is 0. The van der Waals surface area contributed by atoms with E-state index in [1.165, 1.54) is 0 Å². The van der Waals surface area contributed by atoms with Crippen LogP contribution in [0.5, 0.6) is 5.75 Å². The number of fused-ring (bicyclic) bond motifs is 1. The van der Waals surface area contributed by atoms with Crippen molar-refractivity contribution in [2.24, 2.45) is 0 Å². The molecule has 0 spiro atoms. The number of morpholine rings is 1. The Balaban J connectivity index is 1.37. The quantitative estimate of drug-likeness (QED) is 0.784. The molecule has 2 aromatic rings. The van der Waals surface area contributed by atoms with E-state index in [4.69, 9.17) is 9.47 Å². The Morgan fingerprint density at radius 1 is 1.23 bits per heavy atom. The van der Waals surface area contributed by atoms with Crippen molar-refractivity contribution in [3.8, 4) is 5.75 Å². The maximum absolute atomic E-state index is 12.8. The van der Waals surface area contributed by atoms with Crippen LogP contribution in [0.15, 0.2) is 48.8 Å². The van der Waals surface area contributed by atoms with Crippen LogP contribution < -0.4 is 10.1 Å². The number of carbonyl (C=O) groups excluding carboxylic acids is 1. The fourth-order valence-electron chi connectivity index (χ4n) is 4.18. The molecule has 1 aromatic heterocycles. The molecule has 2 atom stereocenters. The van der Waals surface area contributed by atoms with Crippen LogP contribution in [0.2, 0.25) is 0 Å². The number of rotatable bonds is 6. The van der Waals surface area contributed by atoms with E-state index in [-0.39, 0.29) is 18.1 Å². The third kappa shape index (κ3) is 5.36. The zero-order valence-electron chi connectivity index (χ0n) is 17.5. The minimum atomic E-state index is 0.0312. The lowest BCUT2D eigenvalue weighted by molar-refractivity contribution is -0.122. The Morgan fingerprint density at radius 3 is 2.87 bits per heavy atom. The van der Waals surface area contributed by atoms with E-state index < -0.39 is 0 Å². The normalized spacial score (nSPS) is 21.2. The number of carbonyl (C=O) groups is 1. The van der Waals surface area contributed by atoms with Gasteiger partial charge in [-0.2, -0.15) is 0 Å². The minimum absolute atomic E-state index is 0.0312. The van der Waals surface area contributed by atoms with Gasteiger partial charge < -0.3 is 14.8 Å². The zero-order chi connectivity index (χ0) is 20.8. The van der Waals surface area contributed by atoms with Crippen LogP contribution in [0.25, 0.3) is 0 Å². The molecule has 160 valence electrons. The molecule has 2 aliphatic heterocycles. The fraction of sp³-hybridized carbons (Fsp3) is 0.478. The Morgan fingerprint density at radius 2 is 2.07 bits per heavy atom. The van der Waals surface area contributed by atoms with Crippen molar-refractivity contribution in [2.75, 3.05) is 45.9 Å². The third-order valence-corrected chi connectivity index (χ3v) is 5.63. The van der Waals surface area contributed by atoms with Crippen LogP contribution in [0.3, 0.4) is 0 Å². The monoisotopic (exact) mass is 410 g/mol. The molecule has 1 saturated heterocycles. The molecule has 1 fully saturated rings. The highest BCUT2D eigenvalue weighted by Gasteiger charge is 2.25. The maximum atomic E-state index is 12.8. The molecular formula is C23H30N4O3. The minimum Gasteiger partial charge on any atom is -0.489 e. The average molecular weight is 411 g/mol. The summed E-state index contributed by atoms with van der Waals surface area (Å²) in [4.78, 5) is 21.6. The number of ether oxygens (including phenoxy) is 2. The second-order valence-electron chi connectivity index (χ2n) is 7.96. The highest BCUT2D eigenvalue weighted by molar-refractivity contribution is 5.78. The van der Waals surface area contributed by atoms with E-state index in [0.29, 0.717) is 19.6 Å². The van der Waals surface area contributed by atoms with Crippen molar-refractivity contribution < 1.29 is 14.3 Å². The summed E-state index contributed by atoms with van der Waals surface area (Å²) in [5.74, 6) is 0.945. The molecule has 0 bridgehead atoms. The number of aromatic nitrogens is 1. The molecule has 0 aliphatic carbocycles. The van der Waals surface area contributed by atoms with Crippen LogP contribution in [0, 0.1) is 0 Å². The molecule has 7 heteroatoms. The van der Waals surface area contributed by atoms with Gasteiger partial charge in [0.2, 0.25) is 5.91 Å². The molecule has 0 saturated carbocycles. The van der Waals surface area contributed by atoms with Gasteiger partial charge in [-0.3, -0.25) is 19.6 Å². The molecular weight excluding hydrogens is 380 g/mol. The first-order valence-electron chi connectivity index (χ1n) is 10.6. The van der Waals surface area contributed by atoms with Gasteiger partial charge in [0, 0.05) is 50.7 Å². The summed E-state index contributed by atoms with van der Waals surface area (Å²) in [6, 6.07) is 12.2. The molecule has 4 rings (SSSR count). The molecule has 1 aromatic carbocycles. The molecule has 7 nitrogen and oxygen atoms in total. The topological polar surface area (TPSA) is 66.9 Å². The number of nitrogens with zero attached hydrogens (tertiary/aromatic N) is 3. The van der Waals surface area contributed by atoms with E-state index in [2.05, 4.69) is 32.2 Å². The van der Waals surface area contributed by atoms with Gasteiger partial charge in [-0.1, -0.05) is 24.3 Å². The Hall–Kier alpha value is -2.48. The molecule has 3 heterocycles.